The summed E-state index contributed by atoms with van der Waals surface area (Å²) in [5.41, 5.74) is 2.68. The highest BCUT2D eigenvalue weighted by Gasteiger charge is 2.14. The Morgan fingerprint density at radius 2 is 1.90 bits per heavy atom. The van der Waals surface area contributed by atoms with Crippen molar-refractivity contribution in [3.05, 3.63) is 70.3 Å². The number of fused-ring (bicyclic) bond motifs is 1. The molecule has 2 aromatic heterocycles. The minimum absolute atomic E-state index is 0.0485. The first-order chi connectivity index (χ1) is 14.7. The Morgan fingerprint density at radius 3 is 2.70 bits per heavy atom. The maximum atomic E-state index is 13.0. The van der Waals surface area contributed by atoms with Crippen molar-refractivity contribution in [1.82, 2.24) is 19.7 Å². The predicted octanol–water partition coefficient (Wildman–Crippen LogP) is 4.08. The smallest absolute Gasteiger partial charge is 0.262 e. The van der Waals surface area contributed by atoms with E-state index in [0.29, 0.717) is 46.7 Å². The van der Waals surface area contributed by atoms with Crippen LogP contribution in [0.1, 0.15) is 17.8 Å². The van der Waals surface area contributed by atoms with Crippen molar-refractivity contribution in [3.8, 4) is 11.5 Å². The first kappa shape index (κ1) is 20.3. The normalized spacial score (nSPS) is 11.3. The second-order valence-electron chi connectivity index (χ2n) is 6.89. The molecule has 0 saturated heterocycles. The van der Waals surface area contributed by atoms with E-state index in [1.54, 1.807) is 17.7 Å². The number of benzene rings is 2. The lowest BCUT2D eigenvalue weighted by Crippen LogP contribution is -2.24. The zero-order chi connectivity index (χ0) is 20.9. The van der Waals surface area contributed by atoms with Gasteiger partial charge in [0.2, 0.25) is 0 Å². The Balaban J connectivity index is 1.58. The van der Waals surface area contributed by atoms with Gasteiger partial charge in [0, 0.05) is 25.8 Å². The van der Waals surface area contributed by atoms with Crippen molar-refractivity contribution >= 4 is 22.7 Å². The van der Waals surface area contributed by atoms with E-state index in [2.05, 4.69) is 10.1 Å². The van der Waals surface area contributed by atoms with Crippen LogP contribution in [0.2, 0.25) is 0 Å². The number of rotatable bonds is 8. The highest BCUT2D eigenvalue weighted by molar-refractivity contribution is 7.98. The monoisotopic (exact) mass is 422 g/mol. The number of aromatic nitrogens is 4. The highest BCUT2D eigenvalue weighted by Crippen LogP contribution is 2.23. The Morgan fingerprint density at radius 1 is 1.10 bits per heavy atom. The van der Waals surface area contributed by atoms with E-state index in [9.17, 15) is 4.79 Å². The van der Waals surface area contributed by atoms with E-state index in [1.807, 2.05) is 49.4 Å². The van der Waals surface area contributed by atoms with Crippen LogP contribution in [0.25, 0.3) is 22.4 Å². The third-order valence-corrected chi connectivity index (χ3v) is 5.63. The SMILES string of the molecule is COCCCn1c(SCc2noc(-c3ccc(C)cc3)n2)nc2ccccc2c1=O. The molecule has 0 radical (unpaired) electrons. The molecule has 0 atom stereocenters. The lowest BCUT2D eigenvalue weighted by Gasteiger charge is -2.12. The molecule has 2 aromatic carbocycles. The van der Waals surface area contributed by atoms with Crippen molar-refractivity contribution in [2.75, 3.05) is 13.7 Å². The molecule has 154 valence electrons. The van der Waals surface area contributed by atoms with Gasteiger partial charge in [0.1, 0.15) is 0 Å². The molecule has 0 unspecified atom stereocenters. The maximum Gasteiger partial charge on any atom is 0.262 e. The maximum absolute atomic E-state index is 13.0. The van der Waals surface area contributed by atoms with Crippen LogP contribution in [0, 0.1) is 6.92 Å². The molecule has 0 spiro atoms. The molecule has 0 bridgehead atoms. The first-order valence-electron chi connectivity index (χ1n) is 9.66. The average Bonchev–Trinajstić information content (AvgIpc) is 3.24. The molecule has 4 aromatic rings. The van der Waals surface area contributed by atoms with Crippen LogP contribution in [0.5, 0.6) is 0 Å². The standard InChI is InChI=1S/C22H22N4O3S/c1-15-8-10-16(11-9-15)20-24-19(25-29-20)14-30-22-23-18-7-4-3-6-17(18)21(27)26(22)12-5-13-28-2/h3-4,6-11H,5,12-14H2,1-2H3. The molecule has 0 aliphatic heterocycles. The molecule has 8 heteroatoms. The number of ether oxygens (including phenoxy) is 1. The quantitative estimate of drug-likeness (QED) is 0.240. The van der Waals surface area contributed by atoms with E-state index in [0.717, 1.165) is 12.0 Å². The van der Waals surface area contributed by atoms with Gasteiger partial charge in [0.15, 0.2) is 11.0 Å². The van der Waals surface area contributed by atoms with Crippen LogP contribution < -0.4 is 5.56 Å². The largest absolute Gasteiger partial charge is 0.385 e. The molecule has 0 aliphatic carbocycles. The molecule has 30 heavy (non-hydrogen) atoms. The van der Waals surface area contributed by atoms with Crippen LogP contribution in [0.3, 0.4) is 0 Å². The third kappa shape index (κ3) is 4.44. The minimum atomic E-state index is -0.0485. The summed E-state index contributed by atoms with van der Waals surface area (Å²) < 4.78 is 12.2. The second kappa shape index (κ2) is 9.23. The zero-order valence-corrected chi connectivity index (χ0v) is 17.7. The molecular weight excluding hydrogens is 400 g/mol. The molecule has 7 nitrogen and oxygen atoms in total. The van der Waals surface area contributed by atoms with Gasteiger partial charge in [-0.1, -0.05) is 46.7 Å². The van der Waals surface area contributed by atoms with Crippen LogP contribution in [-0.2, 0) is 17.0 Å². The van der Waals surface area contributed by atoms with Gasteiger partial charge >= 0.3 is 0 Å². The summed E-state index contributed by atoms with van der Waals surface area (Å²) in [4.78, 5) is 22.2. The number of thioether (sulfide) groups is 1. The van der Waals surface area contributed by atoms with E-state index in [4.69, 9.17) is 14.2 Å². The van der Waals surface area contributed by atoms with E-state index < -0.39 is 0 Å². The molecule has 0 amide bonds. The number of nitrogens with zero attached hydrogens (tertiary/aromatic N) is 4. The highest BCUT2D eigenvalue weighted by atomic mass is 32.2. The molecule has 2 heterocycles. The van der Waals surface area contributed by atoms with Gasteiger partial charge in [-0.25, -0.2) is 4.98 Å². The second-order valence-corrected chi connectivity index (χ2v) is 7.83. The Labute approximate surface area is 178 Å². The number of methoxy groups -OCH3 is 1. The summed E-state index contributed by atoms with van der Waals surface area (Å²) in [6.45, 7) is 3.14. The van der Waals surface area contributed by atoms with Gasteiger partial charge in [-0.15, -0.1) is 0 Å². The Kier molecular flexibility index (Phi) is 6.25. The molecule has 0 saturated carbocycles. The first-order valence-corrected chi connectivity index (χ1v) is 10.6. The van der Waals surface area contributed by atoms with Crippen LogP contribution in [0.4, 0.5) is 0 Å². The fourth-order valence-electron chi connectivity index (χ4n) is 3.08. The van der Waals surface area contributed by atoms with E-state index >= 15 is 0 Å². The molecule has 0 N–H and O–H groups in total. The fourth-order valence-corrected chi connectivity index (χ4v) is 3.95. The van der Waals surface area contributed by atoms with Crippen LogP contribution in [0.15, 0.2) is 63.0 Å². The number of hydrogen-bond acceptors (Lipinski definition) is 7. The number of hydrogen-bond donors (Lipinski definition) is 0. The van der Waals surface area contributed by atoms with Crippen molar-refractivity contribution in [2.24, 2.45) is 0 Å². The summed E-state index contributed by atoms with van der Waals surface area (Å²) in [6, 6.07) is 15.3. The number of para-hydroxylation sites is 1. The van der Waals surface area contributed by atoms with Crippen molar-refractivity contribution < 1.29 is 9.26 Å². The van der Waals surface area contributed by atoms with Gasteiger partial charge in [0.25, 0.3) is 11.4 Å². The Hall–Kier alpha value is -2.97. The summed E-state index contributed by atoms with van der Waals surface area (Å²) in [5.74, 6) is 1.49. The van der Waals surface area contributed by atoms with Gasteiger partial charge in [0.05, 0.1) is 16.7 Å². The molecule has 0 aliphatic rings. The lowest BCUT2D eigenvalue weighted by atomic mass is 10.1. The van der Waals surface area contributed by atoms with E-state index in [-0.39, 0.29) is 5.56 Å². The van der Waals surface area contributed by atoms with Crippen LogP contribution >= 0.6 is 11.8 Å². The number of aryl methyl sites for hydroxylation is 1. The van der Waals surface area contributed by atoms with Crippen molar-refractivity contribution in [2.45, 2.75) is 30.8 Å². The molecule has 4 rings (SSSR count). The predicted molar refractivity (Wildman–Crippen MR) is 117 cm³/mol. The van der Waals surface area contributed by atoms with E-state index in [1.165, 1.54) is 17.3 Å². The van der Waals surface area contributed by atoms with Gasteiger partial charge in [-0.3, -0.25) is 9.36 Å². The lowest BCUT2D eigenvalue weighted by molar-refractivity contribution is 0.189. The van der Waals surface area contributed by atoms with Gasteiger partial charge in [-0.2, -0.15) is 4.98 Å². The zero-order valence-electron chi connectivity index (χ0n) is 16.9. The van der Waals surface area contributed by atoms with Crippen LogP contribution in [-0.4, -0.2) is 33.4 Å². The summed E-state index contributed by atoms with van der Waals surface area (Å²) in [6.07, 6.45) is 0.726. The van der Waals surface area contributed by atoms with Crippen molar-refractivity contribution in [1.29, 1.82) is 0 Å². The summed E-state index contributed by atoms with van der Waals surface area (Å²) in [7, 11) is 1.65. The summed E-state index contributed by atoms with van der Waals surface area (Å²) >= 11 is 1.42. The third-order valence-electron chi connectivity index (χ3n) is 4.65. The van der Waals surface area contributed by atoms with Gasteiger partial charge in [-0.05, 0) is 37.6 Å². The van der Waals surface area contributed by atoms with Gasteiger partial charge < -0.3 is 9.26 Å². The molecule has 0 fully saturated rings. The van der Waals surface area contributed by atoms with Crippen molar-refractivity contribution in [3.63, 3.8) is 0 Å². The average molecular weight is 423 g/mol. The molecular formula is C22H22N4O3S. The summed E-state index contributed by atoms with van der Waals surface area (Å²) in [5, 5.41) is 5.33. The Bertz CT molecular complexity index is 1200. The minimum Gasteiger partial charge on any atom is -0.385 e. The fraction of sp³-hybridized carbons (Fsp3) is 0.273. The topological polar surface area (TPSA) is 83.0 Å².